The molecule has 0 aromatic carbocycles. The molecule has 11 heavy (non-hydrogen) atoms. The number of hydrogen-bond donors (Lipinski definition) is 0. The number of carbonyl (C=O) groups is 1. The first-order valence-corrected chi connectivity index (χ1v) is 4.39. The number of carbonyl (C=O) groups excluding carboxylic acids is 1. The van der Waals surface area contributed by atoms with Crippen molar-refractivity contribution in [2.24, 2.45) is 0 Å². The Bertz CT molecular complexity index is 136. The van der Waals surface area contributed by atoms with E-state index in [9.17, 15) is 9.18 Å². The molecule has 0 radical (unpaired) electrons. The minimum Gasteiger partial charge on any atom is -0.463 e. The van der Waals surface area contributed by atoms with Gasteiger partial charge in [0.05, 0.1) is 6.61 Å². The van der Waals surface area contributed by atoms with Gasteiger partial charge in [0.25, 0.3) is 4.58 Å². The second-order valence-electron chi connectivity index (χ2n) is 2.17. The predicted octanol–water partition coefficient (Wildman–Crippen LogP) is 2.41. The molecule has 2 nitrogen and oxygen atoms in total. The van der Waals surface area contributed by atoms with Crippen molar-refractivity contribution < 1.29 is 13.9 Å². The number of halogens is 2. The second kappa shape index (κ2) is 4.70. The highest BCUT2D eigenvalue weighted by Crippen LogP contribution is 2.27. The van der Waals surface area contributed by atoms with Crippen molar-refractivity contribution in [3.05, 3.63) is 0 Å². The summed E-state index contributed by atoms with van der Waals surface area (Å²) < 4.78 is 15.6. The van der Waals surface area contributed by atoms with Gasteiger partial charge >= 0.3 is 5.97 Å². The first-order chi connectivity index (χ1) is 5.04. The number of rotatable bonds is 4. The molecular formula is C7H12BrFO2. The van der Waals surface area contributed by atoms with E-state index in [4.69, 9.17) is 0 Å². The lowest BCUT2D eigenvalue weighted by molar-refractivity contribution is -0.151. The lowest BCUT2D eigenvalue weighted by Crippen LogP contribution is -2.28. The smallest absolute Gasteiger partial charge is 0.355 e. The average molecular weight is 227 g/mol. The van der Waals surface area contributed by atoms with Crippen LogP contribution in [0.3, 0.4) is 0 Å². The third-order valence-electron chi connectivity index (χ3n) is 1.14. The van der Waals surface area contributed by atoms with Crippen LogP contribution in [0.25, 0.3) is 0 Å². The van der Waals surface area contributed by atoms with Crippen LogP contribution >= 0.6 is 15.9 Å². The number of hydrogen-bond acceptors (Lipinski definition) is 2. The minimum atomic E-state index is -1.99. The molecule has 0 saturated carbocycles. The van der Waals surface area contributed by atoms with Crippen molar-refractivity contribution in [2.45, 2.75) is 31.3 Å². The molecule has 0 fully saturated rings. The van der Waals surface area contributed by atoms with Crippen molar-refractivity contribution >= 4 is 21.9 Å². The fraction of sp³-hybridized carbons (Fsp3) is 0.857. The van der Waals surface area contributed by atoms with Crippen molar-refractivity contribution in [3.8, 4) is 0 Å². The molecule has 0 amide bonds. The molecular weight excluding hydrogens is 215 g/mol. The van der Waals surface area contributed by atoms with Gasteiger partial charge in [-0.2, -0.15) is 0 Å². The van der Waals surface area contributed by atoms with E-state index < -0.39 is 10.5 Å². The average Bonchev–Trinajstić information content (AvgIpc) is 1.88. The summed E-state index contributed by atoms with van der Waals surface area (Å²) in [5.41, 5.74) is 0. The van der Waals surface area contributed by atoms with E-state index >= 15 is 0 Å². The first kappa shape index (κ1) is 10.9. The Morgan fingerprint density at radius 3 is 2.55 bits per heavy atom. The molecule has 0 rings (SSSR count). The summed E-state index contributed by atoms with van der Waals surface area (Å²) in [6.45, 7) is 3.65. The number of ether oxygens (including phenoxy) is 1. The van der Waals surface area contributed by atoms with Crippen LogP contribution in [0.4, 0.5) is 4.39 Å². The van der Waals surface area contributed by atoms with Crippen LogP contribution < -0.4 is 0 Å². The van der Waals surface area contributed by atoms with Crippen LogP contribution in [-0.2, 0) is 9.53 Å². The second-order valence-corrected chi connectivity index (χ2v) is 3.43. The molecule has 0 aromatic rings. The molecule has 0 saturated heterocycles. The van der Waals surface area contributed by atoms with Gasteiger partial charge in [-0.3, -0.25) is 0 Å². The SMILES string of the molecule is CCCC(F)(Br)C(=O)OCC. The number of alkyl halides is 2. The normalized spacial score (nSPS) is 15.6. The Morgan fingerprint density at radius 2 is 2.18 bits per heavy atom. The maximum atomic E-state index is 13.1. The molecule has 4 heteroatoms. The molecule has 0 aliphatic rings. The maximum absolute atomic E-state index is 13.1. The molecule has 66 valence electrons. The van der Waals surface area contributed by atoms with Gasteiger partial charge in [-0.1, -0.05) is 13.3 Å². The fourth-order valence-corrected chi connectivity index (χ4v) is 1.16. The van der Waals surface area contributed by atoms with Crippen LogP contribution in [0.5, 0.6) is 0 Å². The van der Waals surface area contributed by atoms with Gasteiger partial charge in [0.2, 0.25) is 0 Å². The summed E-state index contributed by atoms with van der Waals surface area (Å²) in [5, 5.41) is 0. The third-order valence-corrected chi connectivity index (χ3v) is 1.86. The molecule has 0 bridgehead atoms. The monoisotopic (exact) mass is 226 g/mol. The van der Waals surface area contributed by atoms with E-state index in [1.165, 1.54) is 0 Å². The van der Waals surface area contributed by atoms with E-state index in [1.54, 1.807) is 13.8 Å². The van der Waals surface area contributed by atoms with Gasteiger partial charge in [0.15, 0.2) is 0 Å². The summed E-state index contributed by atoms with van der Waals surface area (Å²) in [6, 6.07) is 0. The molecule has 0 heterocycles. The summed E-state index contributed by atoms with van der Waals surface area (Å²) >= 11 is 2.67. The van der Waals surface area contributed by atoms with Gasteiger partial charge < -0.3 is 4.74 Å². The zero-order chi connectivity index (χ0) is 8.91. The predicted molar refractivity (Wildman–Crippen MR) is 44.3 cm³/mol. The highest BCUT2D eigenvalue weighted by molar-refractivity contribution is 9.10. The maximum Gasteiger partial charge on any atom is 0.355 e. The van der Waals surface area contributed by atoms with Crippen molar-refractivity contribution in [1.82, 2.24) is 0 Å². The molecule has 0 aliphatic carbocycles. The topological polar surface area (TPSA) is 26.3 Å². The van der Waals surface area contributed by atoms with Crippen molar-refractivity contribution in [2.75, 3.05) is 6.61 Å². The van der Waals surface area contributed by atoms with E-state index in [0.717, 1.165) is 0 Å². The van der Waals surface area contributed by atoms with Crippen molar-refractivity contribution in [3.63, 3.8) is 0 Å². The zero-order valence-corrected chi connectivity index (χ0v) is 8.28. The van der Waals surface area contributed by atoms with Crippen molar-refractivity contribution in [1.29, 1.82) is 0 Å². The van der Waals surface area contributed by atoms with Crippen LogP contribution in [0, 0.1) is 0 Å². The zero-order valence-electron chi connectivity index (χ0n) is 6.69. The summed E-state index contributed by atoms with van der Waals surface area (Å²) in [6.07, 6.45) is 0.742. The molecule has 0 N–H and O–H groups in total. The van der Waals surface area contributed by atoms with Gasteiger partial charge in [-0.15, -0.1) is 0 Å². The van der Waals surface area contributed by atoms with Crippen LogP contribution in [0.15, 0.2) is 0 Å². The van der Waals surface area contributed by atoms with Crippen LogP contribution in [0.1, 0.15) is 26.7 Å². The van der Waals surface area contributed by atoms with E-state index in [-0.39, 0.29) is 13.0 Å². The number of esters is 1. The van der Waals surface area contributed by atoms with E-state index in [1.807, 2.05) is 0 Å². The lowest BCUT2D eigenvalue weighted by Gasteiger charge is -2.14. The molecule has 1 unspecified atom stereocenters. The Kier molecular flexibility index (Phi) is 4.65. The van der Waals surface area contributed by atoms with Gasteiger partial charge in [-0.25, -0.2) is 9.18 Å². The Morgan fingerprint density at radius 1 is 1.64 bits per heavy atom. The molecule has 1 atom stereocenters. The summed E-state index contributed by atoms with van der Waals surface area (Å²) in [5.74, 6) is -0.832. The van der Waals surface area contributed by atoms with Gasteiger partial charge in [0.1, 0.15) is 0 Å². The van der Waals surface area contributed by atoms with Crippen LogP contribution in [0.2, 0.25) is 0 Å². The molecule has 0 aliphatic heterocycles. The first-order valence-electron chi connectivity index (χ1n) is 3.59. The highest BCUT2D eigenvalue weighted by atomic mass is 79.9. The Labute approximate surface area is 74.2 Å². The third kappa shape index (κ3) is 3.70. The van der Waals surface area contributed by atoms with E-state index in [0.29, 0.717) is 6.42 Å². The lowest BCUT2D eigenvalue weighted by atomic mass is 10.2. The summed E-state index contributed by atoms with van der Waals surface area (Å²) in [4.78, 5) is 10.8. The van der Waals surface area contributed by atoms with Gasteiger partial charge in [0, 0.05) is 6.42 Å². The molecule has 0 aromatic heterocycles. The fourth-order valence-electron chi connectivity index (χ4n) is 0.653. The highest BCUT2D eigenvalue weighted by Gasteiger charge is 2.35. The van der Waals surface area contributed by atoms with Crippen LogP contribution in [-0.4, -0.2) is 17.2 Å². The minimum absolute atomic E-state index is 0.145. The Balaban J connectivity index is 3.94. The largest absolute Gasteiger partial charge is 0.463 e. The van der Waals surface area contributed by atoms with Gasteiger partial charge in [-0.05, 0) is 22.9 Å². The summed E-state index contributed by atoms with van der Waals surface area (Å²) in [7, 11) is 0. The standard InChI is InChI=1S/C7H12BrFO2/c1-3-5-7(8,9)6(10)11-4-2/h3-5H2,1-2H3. The quantitative estimate of drug-likeness (QED) is 0.544. The van der Waals surface area contributed by atoms with E-state index in [2.05, 4.69) is 20.7 Å². The Hall–Kier alpha value is -0.120. The molecule has 0 spiro atoms.